The lowest BCUT2D eigenvalue weighted by Crippen LogP contribution is -2.44. The summed E-state index contributed by atoms with van der Waals surface area (Å²) in [6, 6.07) is 0. The SMILES string of the molecule is CC/C=C\C/C=C\C/C=C\C/C=C\C/C=C\CCCCCCCCCCCC(=O)OCC(O)COC(OCC[N+](C)(C)C)C(=O)[O-]. The van der Waals surface area contributed by atoms with Crippen molar-refractivity contribution in [3.05, 3.63) is 60.8 Å². The van der Waals surface area contributed by atoms with E-state index in [0.717, 1.165) is 57.8 Å². The lowest BCUT2D eigenvalue weighted by atomic mass is 10.1. The number of quaternary nitrogens is 1. The second-order valence-corrected chi connectivity index (χ2v) is 12.6. The number of aliphatic carboxylic acids is 1. The van der Waals surface area contributed by atoms with Gasteiger partial charge in [-0.2, -0.15) is 0 Å². The molecule has 0 bridgehead atoms. The number of unbranched alkanes of at least 4 members (excludes halogenated alkanes) is 9. The summed E-state index contributed by atoms with van der Waals surface area (Å²) < 4.78 is 16.0. The van der Waals surface area contributed by atoms with E-state index in [1.54, 1.807) is 0 Å². The van der Waals surface area contributed by atoms with Crippen LogP contribution in [0.2, 0.25) is 0 Å². The number of carbonyl (C=O) groups is 2. The van der Waals surface area contributed by atoms with E-state index in [-0.39, 0.29) is 25.8 Å². The van der Waals surface area contributed by atoms with Gasteiger partial charge in [-0.05, 0) is 51.4 Å². The van der Waals surface area contributed by atoms with Crippen LogP contribution in [0.15, 0.2) is 60.8 Å². The number of aliphatic hydroxyl groups is 1. The largest absolute Gasteiger partial charge is 0.545 e. The van der Waals surface area contributed by atoms with Crippen LogP contribution in [0, 0.1) is 0 Å². The van der Waals surface area contributed by atoms with Crippen LogP contribution in [0.4, 0.5) is 0 Å². The number of hydrogen-bond acceptors (Lipinski definition) is 7. The molecule has 2 atom stereocenters. The molecule has 0 saturated carbocycles. The molecule has 0 aromatic carbocycles. The summed E-state index contributed by atoms with van der Waals surface area (Å²) in [7, 11) is 5.86. The third-order valence-electron chi connectivity index (χ3n) is 7.01. The highest BCUT2D eigenvalue weighted by Gasteiger charge is 2.17. The zero-order chi connectivity index (χ0) is 34.1. The summed E-state index contributed by atoms with van der Waals surface area (Å²) in [5.41, 5.74) is 0. The highest BCUT2D eigenvalue weighted by molar-refractivity contribution is 5.69. The molecule has 0 radical (unpaired) electrons. The van der Waals surface area contributed by atoms with Crippen LogP contribution >= 0.6 is 0 Å². The van der Waals surface area contributed by atoms with E-state index in [1.807, 2.05) is 21.1 Å². The first-order valence-corrected chi connectivity index (χ1v) is 17.5. The Morgan fingerprint density at radius 2 is 1.15 bits per heavy atom. The predicted molar refractivity (Wildman–Crippen MR) is 186 cm³/mol. The molecule has 1 N–H and O–H groups in total. The first-order valence-electron chi connectivity index (χ1n) is 17.5. The molecule has 0 saturated heterocycles. The lowest BCUT2D eigenvalue weighted by Gasteiger charge is -2.26. The van der Waals surface area contributed by atoms with E-state index in [9.17, 15) is 19.8 Å². The van der Waals surface area contributed by atoms with Gasteiger partial charge in [-0.15, -0.1) is 0 Å². The highest BCUT2D eigenvalue weighted by Crippen LogP contribution is 2.12. The highest BCUT2D eigenvalue weighted by atomic mass is 16.7. The Bertz CT molecular complexity index is 886. The molecule has 46 heavy (non-hydrogen) atoms. The summed E-state index contributed by atoms with van der Waals surface area (Å²) in [4.78, 5) is 23.1. The molecule has 0 rings (SSSR count). The third kappa shape index (κ3) is 32.9. The van der Waals surface area contributed by atoms with Crippen molar-refractivity contribution in [2.24, 2.45) is 0 Å². The molecule has 0 amide bonds. The van der Waals surface area contributed by atoms with Gasteiger partial charge in [-0.1, -0.05) is 113 Å². The van der Waals surface area contributed by atoms with Gasteiger partial charge < -0.3 is 33.7 Å². The first kappa shape index (κ1) is 43.5. The molecule has 8 nitrogen and oxygen atoms in total. The summed E-state index contributed by atoms with van der Waals surface area (Å²) in [5, 5.41) is 21.1. The smallest absolute Gasteiger partial charge is 0.305 e. The van der Waals surface area contributed by atoms with E-state index < -0.39 is 18.4 Å². The lowest BCUT2D eigenvalue weighted by molar-refractivity contribution is -0.870. The standard InChI is InChI=1S/C38H65NO7/c1-5-6-7-8-9-10-11-12-13-14-15-16-17-18-19-20-21-22-23-24-25-26-27-28-29-30-36(41)45-33-35(40)34-46-38(37(42)43)44-32-31-39(2,3)4/h6-7,9-10,12-13,15-16,18-19,35,38,40H,5,8,11,14,17,20-34H2,1-4H3/b7-6-,10-9-,13-12-,16-15-,19-18-. The summed E-state index contributed by atoms with van der Waals surface area (Å²) in [5.74, 6) is -1.88. The summed E-state index contributed by atoms with van der Waals surface area (Å²) in [6.07, 6.45) is 36.5. The number of likely N-dealkylation sites (N-methyl/N-ethyl adjacent to an activating group) is 1. The van der Waals surface area contributed by atoms with Gasteiger partial charge >= 0.3 is 5.97 Å². The Hall–Kier alpha value is -2.52. The summed E-state index contributed by atoms with van der Waals surface area (Å²) >= 11 is 0. The number of esters is 1. The van der Waals surface area contributed by atoms with Gasteiger partial charge in [0.05, 0.1) is 40.3 Å². The molecule has 264 valence electrons. The molecule has 2 unspecified atom stereocenters. The van der Waals surface area contributed by atoms with Crippen molar-refractivity contribution in [3.8, 4) is 0 Å². The topological polar surface area (TPSA) is 105 Å². The van der Waals surface area contributed by atoms with Crippen LogP contribution in [-0.2, 0) is 23.8 Å². The number of carboxylic acid groups (broad SMARTS) is 1. The maximum absolute atomic E-state index is 11.9. The van der Waals surface area contributed by atoms with Crippen molar-refractivity contribution in [1.29, 1.82) is 0 Å². The van der Waals surface area contributed by atoms with Crippen LogP contribution in [0.25, 0.3) is 0 Å². The average molecular weight is 648 g/mol. The zero-order valence-corrected chi connectivity index (χ0v) is 29.4. The summed E-state index contributed by atoms with van der Waals surface area (Å²) in [6.45, 7) is 2.32. The molecular formula is C38H65NO7. The Kier molecular flexibility index (Phi) is 29.4. The number of carboxylic acids is 1. The monoisotopic (exact) mass is 647 g/mol. The molecule has 0 aromatic rings. The number of rotatable bonds is 31. The van der Waals surface area contributed by atoms with Gasteiger partial charge in [-0.25, -0.2) is 0 Å². The van der Waals surface area contributed by atoms with Gasteiger partial charge in [0.15, 0.2) is 6.29 Å². The van der Waals surface area contributed by atoms with Crippen molar-refractivity contribution in [3.63, 3.8) is 0 Å². The van der Waals surface area contributed by atoms with Gasteiger partial charge in [0.2, 0.25) is 0 Å². The Morgan fingerprint density at radius 3 is 1.65 bits per heavy atom. The Balaban J connectivity index is 3.59. The molecule has 0 aliphatic heterocycles. The van der Waals surface area contributed by atoms with Crippen molar-refractivity contribution in [2.75, 3.05) is 47.5 Å². The number of carbonyl (C=O) groups excluding carboxylic acids is 2. The van der Waals surface area contributed by atoms with E-state index in [0.29, 0.717) is 17.4 Å². The minimum absolute atomic E-state index is 0.166. The number of aliphatic hydroxyl groups excluding tert-OH is 1. The van der Waals surface area contributed by atoms with Crippen LogP contribution in [0.5, 0.6) is 0 Å². The minimum Gasteiger partial charge on any atom is -0.545 e. The Labute approximate surface area is 280 Å². The first-order chi connectivity index (χ1) is 22.2. The van der Waals surface area contributed by atoms with Crippen LogP contribution in [-0.4, -0.2) is 81.4 Å². The number of hydrogen-bond donors (Lipinski definition) is 1. The molecule has 0 heterocycles. The second-order valence-electron chi connectivity index (χ2n) is 12.6. The average Bonchev–Trinajstić information content (AvgIpc) is 3.00. The van der Waals surface area contributed by atoms with Crippen LogP contribution < -0.4 is 5.11 Å². The van der Waals surface area contributed by atoms with Crippen LogP contribution in [0.1, 0.15) is 110 Å². The second kappa shape index (κ2) is 31.1. The van der Waals surface area contributed by atoms with Gasteiger partial charge in [0, 0.05) is 6.42 Å². The zero-order valence-electron chi connectivity index (χ0n) is 29.4. The molecule has 0 spiro atoms. The van der Waals surface area contributed by atoms with Crippen molar-refractivity contribution < 1.29 is 38.5 Å². The fraction of sp³-hybridized carbons (Fsp3) is 0.684. The van der Waals surface area contributed by atoms with E-state index >= 15 is 0 Å². The fourth-order valence-corrected chi connectivity index (χ4v) is 4.26. The third-order valence-corrected chi connectivity index (χ3v) is 7.01. The van der Waals surface area contributed by atoms with Gasteiger partial charge in [-0.3, -0.25) is 4.79 Å². The van der Waals surface area contributed by atoms with E-state index in [1.165, 1.54) is 38.5 Å². The normalized spacial score (nSPS) is 14.0. The number of nitrogens with zero attached hydrogens (tertiary/aromatic N) is 1. The molecule has 0 aromatic heterocycles. The van der Waals surface area contributed by atoms with Gasteiger partial charge in [0.25, 0.3) is 0 Å². The molecule has 8 heteroatoms. The van der Waals surface area contributed by atoms with Gasteiger partial charge in [0.1, 0.15) is 19.3 Å². The fourth-order valence-electron chi connectivity index (χ4n) is 4.26. The molecule has 0 fully saturated rings. The maximum atomic E-state index is 11.9. The van der Waals surface area contributed by atoms with Crippen molar-refractivity contribution in [1.82, 2.24) is 0 Å². The van der Waals surface area contributed by atoms with Crippen molar-refractivity contribution >= 4 is 11.9 Å². The maximum Gasteiger partial charge on any atom is 0.305 e. The number of allylic oxidation sites excluding steroid dienone is 10. The van der Waals surface area contributed by atoms with Crippen molar-refractivity contribution in [2.45, 2.75) is 122 Å². The predicted octanol–water partition coefficient (Wildman–Crippen LogP) is 6.75. The number of ether oxygens (including phenoxy) is 3. The molecule has 0 aliphatic carbocycles. The van der Waals surface area contributed by atoms with Crippen LogP contribution in [0.3, 0.4) is 0 Å². The van der Waals surface area contributed by atoms with E-state index in [4.69, 9.17) is 14.2 Å². The molecular weight excluding hydrogens is 582 g/mol. The Morgan fingerprint density at radius 1 is 0.674 bits per heavy atom. The quantitative estimate of drug-likeness (QED) is 0.0292. The van der Waals surface area contributed by atoms with E-state index in [2.05, 4.69) is 67.7 Å². The molecule has 0 aliphatic rings. The minimum atomic E-state index is -1.58.